The molecule has 3 rings (SSSR count). The topological polar surface area (TPSA) is 29.5 Å². The Balaban J connectivity index is 1.63. The lowest BCUT2D eigenvalue weighted by Crippen LogP contribution is -2.27. The normalized spacial score (nSPS) is 11.2. The fourth-order valence-electron chi connectivity index (χ4n) is 3.07. The third kappa shape index (κ3) is 4.49. The van der Waals surface area contributed by atoms with E-state index in [9.17, 15) is 5.11 Å². The van der Waals surface area contributed by atoms with E-state index in [1.54, 1.807) is 0 Å². The van der Waals surface area contributed by atoms with E-state index in [1.807, 2.05) is 91.0 Å². The average molecular weight is 332 g/mol. The first-order valence-corrected chi connectivity index (χ1v) is 8.80. The molecule has 0 radical (unpaired) electrons. The predicted octanol–water partition coefficient (Wildman–Crippen LogP) is 5.17. The smallest absolute Gasteiger partial charge is 0.119 e. The second-order valence-electron chi connectivity index (χ2n) is 6.21. The van der Waals surface area contributed by atoms with Crippen LogP contribution in [0.25, 0.3) is 0 Å². The van der Waals surface area contributed by atoms with Gasteiger partial charge in [-0.3, -0.25) is 0 Å². The van der Waals surface area contributed by atoms with E-state index < -0.39 is 5.60 Å². The lowest BCUT2D eigenvalue weighted by atomic mass is 9.82. The summed E-state index contributed by atoms with van der Waals surface area (Å²) in [5.74, 6) is 0.892. The lowest BCUT2D eigenvalue weighted by Gasteiger charge is -2.29. The summed E-state index contributed by atoms with van der Waals surface area (Å²) < 4.78 is 5.75. The van der Waals surface area contributed by atoms with Crippen molar-refractivity contribution in [2.45, 2.75) is 24.9 Å². The molecule has 0 saturated carbocycles. The van der Waals surface area contributed by atoms with E-state index >= 15 is 0 Å². The summed E-state index contributed by atoms with van der Waals surface area (Å²) in [5, 5.41) is 11.4. The molecule has 0 spiro atoms. The highest BCUT2D eigenvalue weighted by molar-refractivity contribution is 5.35. The van der Waals surface area contributed by atoms with E-state index in [0.29, 0.717) is 13.0 Å². The summed E-state index contributed by atoms with van der Waals surface area (Å²) in [6.45, 7) is 0.656. The van der Waals surface area contributed by atoms with Gasteiger partial charge in [-0.15, -0.1) is 0 Å². The maximum absolute atomic E-state index is 11.4. The minimum absolute atomic E-state index is 0.656. The van der Waals surface area contributed by atoms with Crippen molar-refractivity contribution in [1.29, 1.82) is 0 Å². The Kier molecular flexibility index (Phi) is 5.86. The van der Waals surface area contributed by atoms with Crippen LogP contribution in [-0.2, 0) is 5.60 Å². The van der Waals surface area contributed by atoms with Crippen molar-refractivity contribution in [2.75, 3.05) is 6.61 Å². The van der Waals surface area contributed by atoms with E-state index in [4.69, 9.17) is 4.74 Å². The summed E-state index contributed by atoms with van der Waals surface area (Å²) in [6.07, 6.45) is 2.45. The molecule has 2 heteroatoms. The molecule has 0 aliphatic heterocycles. The van der Waals surface area contributed by atoms with Gasteiger partial charge in [-0.05, 0) is 42.5 Å². The predicted molar refractivity (Wildman–Crippen MR) is 102 cm³/mol. The van der Waals surface area contributed by atoms with Crippen molar-refractivity contribution >= 4 is 0 Å². The number of benzene rings is 3. The highest BCUT2D eigenvalue weighted by atomic mass is 16.5. The number of ether oxygens (including phenoxy) is 1. The standard InChI is InChI=1S/C23H24O2/c24-23(20-12-4-1-5-13-20,21-14-6-2-7-15-21)18-10-11-19-25-22-16-8-3-9-17-22/h1-9,12-17,24H,10-11,18-19H2. The van der Waals surface area contributed by atoms with Crippen LogP contribution in [0, 0.1) is 0 Å². The zero-order valence-electron chi connectivity index (χ0n) is 14.3. The third-order valence-electron chi connectivity index (χ3n) is 4.45. The largest absolute Gasteiger partial charge is 0.494 e. The van der Waals surface area contributed by atoms with Crippen LogP contribution in [0.2, 0.25) is 0 Å². The summed E-state index contributed by atoms with van der Waals surface area (Å²) in [5.41, 5.74) is 0.908. The van der Waals surface area contributed by atoms with Crippen LogP contribution in [-0.4, -0.2) is 11.7 Å². The van der Waals surface area contributed by atoms with Gasteiger partial charge < -0.3 is 9.84 Å². The van der Waals surface area contributed by atoms with Crippen molar-refractivity contribution in [3.63, 3.8) is 0 Å². The molecule has 128 valence electrons. The molecule has 0 aromatic heterocycles. The van der Waals surface area contributed by atoms with Crippen molar-refractivity contribution in [3.05, 3.63) is 102 Å². The Hall–Kier alpha value is -2.58. The first-order valence-electron chi connectivity index (χ1n) is 8.80. The van der Waals surface area contributed by atoms with Crippen LogP contribution in [0.4, 0.5) is 0 Å². The number of para-hydroxylation sites is 1. The molecular formula is C23H24O2. The maximum Gasteiger partial charge on any atom is 0.119 e. The van der Waals surface area contributed by atoms with Crippen molar-refractivity contribution < 1.29 is 9.84 Å². The summed E-state index contributed by atoms with van der Waals surface area (Å²) >= 11 is 0. The van der Waals surface area contributed by atoms with Gasteiger partial charge in [0.25, 0.3) is 0 Å². The number of hydrogen-bond donors (Lipinski definition) is 1. The Labute approximate surface area is 149 Å². The number of aliphatic hydroxyl groups is 1. The first-order chi connectivity index (χ1) is 12.3. The fourth-order valence-corrected chi connectivity index (χ4v) is 3.07. The van der Waals surface area contributed by atoms with Gasteiger partial charge in [0, 0.05) is 0 Å². The van der Waals surface area contributed by atoms with Crippen LogP contribution >= 0.6 is 0 Å². The van der Waals surface area contributed by atoms with Crippen LogP contribution in [0.15, 0.2) is 91.0 Å². The molecule has 0 heterocycles. The average Bonchev–Trinajstić information content (AvgIpc) is 2.70. The van der Waals surface area contributed by atoms with Crippen molar-refractivity contribution in [3.8, 4) is 5.75 Å². The highest BCUT2D eigenvalue weighted by Crippen LogP contribution is 2.34. The summed E-state index contributed by atoms with van der Waals surface area (Å²) in [6, 6.07) is 29.7. The second-order valence-corrected chi connectivity index (χ2v) is 6.21. The van der Waals surface area contributed by atoms with E-state index in [-0.39, 0.29) is 0 Å². The summed E-state index contributed by atoms with van der Waals surface area (Å²) in [7, 11) is 0. The van der Waals surface area contributed by atoms with E-state index in [2.05, 4.69) is 0 Å². The molecule has 0 amide bonds. The highest BCUT2D eigenvalue weighted by Gasteiger charge is 2.30. The van der Waals surface area contributed by atoms with Gasteiger partial charge in [0.05, 0.1) is 6.61 Å². The molecule has 0 saturated heterocycles. The quantitative estimate of drug-likeness (QED) is 0.577. The molecule has 3 aromatic carbocycles. The zero-order valence-corrected chi connectivity index (χ0v) is 14.3. The van der Waals surface area contributed by atoms with E-state index in [0.717, 1.165) is 29.7 Å². The number of hydrogen-bond acceptors (Lipinski definition) is 2. The molecular weight excluding hydrogens is 308 g/mol. The van der Waals surface area contributed by atoms with Gasteiger partial charge in [-0.1, -0.05) is 78.9 Å². The molecule has 0 bridgehead atoms. The van der Waals surface area contributed by atoms with Crippen molar-refractivity contribution in [2.24, 2.45) is 0 Å². The summed E-state index contributed by atoms with van der Waals surface area (Å²) in [4.78, 5) is 0. The number of rotatable bonds is 8. The van der Waals surface area contributed by atoms with Gasteiger partial charge >= 0.3 is 0 Å². The number of unbranched alkanes of at least 4 members (excludes halogenated alkanes) is 1. The fraction of sp³-hybridized carbons (Fsp3) is 0.217. The molecule has 0 aliphatic rings. The zero-order chi connectivity index (χ0) is 17.4. The molecule has 0 atom stereocenters. The molecule has 3 aromatic rings. The van der Waals surface area contributed by atoms with Crippen LogP contribution < -0.4 is 4.74 Å². The molecule has 1 N–H and O–H groups in total. The minimum Gasteiger partial charge on any atom is -0.494 e. The lowest BCUT2D eigenvalue weighted by molar-refractivity contribution is 0.0668. The van der Waals surface area contributed by atoms with Crippen LogP contribution in [0.1, 0.15) is 30.4 Å². The first kappa shape index (κ1) is 17.2. The molecule has 0 fully saturated rings. The molecule has 0 aliphatic carbocycles. The van der Waals surface area contributed by atoms with Gasteiger partial charge in [-0.25, -0.2) is 0 Å². The minimum atomic E-state index is -0.963. The van der Waals surface area contributed by atoms with Gasteiger partial charge in [-0.2, -0.15) is 0 Å². The van der Waals surface area contributed by atoms with E-state index in [1.165, 1.54) is 0 Å². The maximum atomic E-state index is 11.4. The molecule has 2 nitrogen and oxygen atoms in total. The molecule has 25 heavy (non-hydrogen) atoms. The molecule has 0 unspecified atom stereocenters. The Morgan fingerprint density at radius 2 is 1.12 bits per heavy atom. The Morgan fingerprint density at radius 1 is 0.640 bits per heavy atom. The third-order valence-corrected chi connectivity index (χ3v) is 4.45. The Morgan fingerprint density at radius 3 is 1.64 bits per heavy atom. The van der Waals surface area contributed by atoms with Crippen LogP contribution in [0.3, 0.4) is 0 Å². The van der Waals surface area contributed by atoms with Crippen molar-refractivity contribution in [1.82, 2.24) is 0 Å². The SMILES string of the molecule is OC(CCCCOc1ccccc1)(c1ccccc1)c1ccccc1. The van der Waals surface area contributed by atoms with Crippen LogP contribution in [0.5, 0.6) is 5.75 Å². The monoisotopic (exact) mass is 332 g/mol. The second kappa shape index (κ2) is 8.50. The van der Waals surface area contributed by atoms with Gasteiger partial charge in [0.2, 0.25) is 0 Å². The Bertz CT molecular complexity index is 699. The van der Waals surface area contributed by atoms with Gasteiger partial charge in [0.1, 0.15) is 11.4 Å². The van der Waals surface area contributed by atoms with Gasteiger partial charge in [0.15, 0.2) is 0 Å².